The molecule has 0 spiro atoms. The Bertz CT molecular complexity index is 1010. The molecule has 7 nitrogen and oxygen atoms in total. The molecule has 130 valence electrons. The lowest BCUT2D eigenvalue weighted by molar-refractivity contribution is -0.147. The number of carbonyl (C=O) groups excluding carboxylic acids is 1. The smallest absolute Gasteiger partial charge is 0.425 e. The molecule has 1 unspecified atom stereocenters. The molecule has 0 radical (unpaired) electrons. The Labute approximate surface area is 145 Å². The van der Waals surface area contributed by atoms with Crippen molar-refractivity contribution >= 4 is 28.7 Å². The summed E-state index contributed by atoms with van der Waals surface area (Å²) in [4.78, 5) is 27.3. The fraction of sp³-hybridized carbons (Fsp3) is 0.188. The molecule has 2 aromatic heterocycles. The number of aromatic nitrogens is 2. The highest BCUT2D eigenvalue weighted by Gasteiger charge is 2.19. The van der Waals surface area contributed by atoms with E-state index in [0.717, 1.165) is 10.6 Å². The van der Waals surface area contributed by atoms with E-state index in [4.69, 9.17) is 20.8 Å². The summed E-state index contributed by atoms with van der Waals surface area (Å²) in [5, 5.41) is 0.106. The Morgan fingerprint density at radius 3 is 2.84 bits per heavy atom. The number of pyridine rings is 1. The highest BCUT2D eigenvalue weighted by atomic mass is 35.5. The molecule has 1 aromatic carbocycles. The monoisotopic (exact) mass is 366 g/mol. The van der Waals surface area contributed by atoms with Crippen LogP contribution < -0.4 is 10.5 Å². The highest BCUT2D eigenvalue weighted by molar-refractivity contribution is 6.30. The van der Waals surface area contributed by atoms with Crippen molar-refractivity contribution in [3.63, 3.8) is 0 Å². The molecule has 9 heteroatoms. The summed E-state index contributed by atoms with van der Waals surface area (Å²) in [7, 11) is 1.25. The predicted octanol–water partition coefficient (Wildman–Crippen LogP) is 2.71. The van der Waals surface area contributed by atoms with Gasteiger partial charge in [0.25, 0.3) is 0 Å². The maximum Gasteiger partial charge on any atom is 0.425 e. The van der Waals surface area contributed by atoms with Crippen molar-refractivity contribution in [1.29, 1.82) is 0 Å². The minimum atomic E-state index is -0.841. The SMILES string of the molecule is COC(=O)C(C)Oc1ccc2c(c1)oc(=O)n2-c1ncc(Cl)cc1F. The van der Waals surface area contributed by atoms with E-state index in [1.165, 1.54) is 38.4 Å². The molecule has 0 aliphatic carbocycles. The summed E-state index contributed by atoms with van der Waals surface area (Å²) in [6.07, 6.45) is 0.382. The van der Waals surface area contributed by atoms with Crippen molar-refractivity contribution in [2.24, 2.45) is 0 Å². The van der Waals surface area contributed by atoms with Gasteiger partial charge in [-0.25, -0.2) is 23.5 Å². The zero-order valence-electron chi connectivity index (χ0n) is 13.2. The number of oxazole rings is 1. The van der Waals surface area contributed by atoms with Crippen LogP contribution in [0.1, 0.15) is 6.92 Å². The zero-order valence-corrected chi connectivity index (χ0v) is 13.9. The van der Waals surface area contributed by atoms with Crippen LogP contribution in [0, 0.1) is 5.82 Å². The molecule has 0 amide bonds. The third-order valence-corrected chi connectivity index (χ3v) is 3.60. The van der Waals surface area contributed by atoms with Crippen LogP contribution >= 0.6 is 11.6 Å². The predicted molar refractivity (Wildman–Crippen MR) is 86.7 cm³/mol. The summed E-state index contributed by atoms with van der Waals surface area (Å²) in [5.74, 6) is -2.08. The first-order chi connectivity index (χ1) is 11.9. The van der Waals surface area contributed by atoms with Gasteiger partial charge in [-0.1, -0.05) is 11.6 Å². The molecular weight excluding hydrogens is 355 g/mol. The number of hydrogen-bond acceptors (Lipinski definition) is 6. The van der Waals surface area contributed by atoms with Crippen LogP contribution in [0.25, 0.3) is 16.9 Å². The van der Waals surface area contributed by atoms with E-state index in [1.54, 1.807) is 0 Å². The zero-order chi connectivity index (χ0) is 18.1. The fourth-order valence-corrected chi connectivity index (χ4v) is 2.41. The van der Waals surface area contributed by atoms with Gasteiger partial charge in [-0.05, 0) is 25.1 Å². The van der Waals surface area contributed by atoms with Gasteiger partial charge in [0, 0.05) is 12.3 Å². The van der Waals surface area contributed by atoms with Crippen molar-refractivity contribution in [2.45, 2.75) is 13.0 Å². The van der Waals surface area contributed by atoms with Crippen LogP contribution in [-0.2, 0) is 9.53 Å². The van der Waals surface area contributed by atoms with Gasteiger partial charge in [-0.3, -0.25) is 0 Å². The van der Waals surface area contributed by atoms with E-state index in [9.17, 15) is 14.0 Å². The summed E-state index contributed by atoms with van der Waals surface area (Å²) < 4.78 is 30.2. The number of methoxy groups -OCH3 is 1. The number of fused-ring (bicyclic) bond motifs is 1. The van der Waals surface area contributed by atoms with E-state index in [2.05, 4.69) is 9.72 Å². The van der Waals surface area contributed by atoms with Gasteiger partial charge in [0.05, 0.1) is 17.6 Å². The number of nitrogens with zero attached hydrogens (tertiary/aromatic N) is 2. The highest BCUT2D eigenvalue weighted by Crippen LogP contribution is 2.24. The Balaban J connectivity index is 2.04. The van der Waals surface area contributed by atoms with Gasteiger partial charge in [-0.2, -0.15) is 0 Å². The number of benzene rings is 1. The summed E-state index contributed by atoms with van der Waals surface area (Å²) in [5.41, 5.74) is 0.438. The third kappa shape index (κ3) is 3.20. The number of hydrogen-bond donors (Lipinski definition) is 0. The number of rotatable bonds is 4. The van der Waals surface area contributed by atoms with Crippen molar-refractivity contribution in [2.75, 3.05) is 7.11 Å². The molecule has 2 heterocycles. The van der Waals surface area contributed by atoms with Crippen molar-refractivity contribution in [1.82, 2.24) is 9.55 Å². The Morgan fingerprint density at radius 2 is 2.16 bits per heavy atom. The maximum absolute atomic E-state index is 14.1. The molecule has 0 saturated carbocycles. The van der Waals surface area contributed by atoms with Crippen LogP contribution in [0.4, 0.5) is 4.39 Å². The van der Waals surface area contributed by atoms with Crippen LogP contribution in [0.3, 0.4) is 0 Å². The minimum absolute atomic E-state index is 0.106. The van der Waals surface area contributed by atoms with Crippen molar-refractivity contribution in [3.8, 4) is 11.6 Å². The van der Waals surface area contributed by atoms with E-state index >= 15 is 0 Å². The van der Waals surface area contributed by atoms with Gasteiger partial charge < -0.3 is 13.9 Å². The van der Waals surface area contributed by atoms with Crippen LogP contribution in [-0.4, -0.2) is 28.7 Å². The molecule has 0 saturated heterocycles. The van der Waals surface area contributed by atoms with E-state index in [1.807, 2.05) is 0 Å². The second-order valence-corrected chi connectivity index (χ2v) is 5.51. The molecule has 1 atom stereocenters. The quantitative estimate of drug-likeness (QED) is 0.660. The molecule has 0 bridgehead atoms. The first-order valence-electron chi connectivity index (χ1n) is 7.12. The van der Waals surface area contributed by atoms with Gasteiger partial charge >= 0.3 is 11.7 Å². The molecule has 3 rings (SSSR count). The lowest BCUT2D eigenvalue weighted by atomic mass is 10.3. The lowest BCUT2D eigenvalue weighted by Crippen LogP contribution is -2.24. The van der Waals surface area contributed by atoms with Crippen LogP contribution in [0.5, 0.6) is 5.75 Å². The molecule has 0 aliphatic rings. The molecule has 0 aliphatic heterocycles. The molecule has 3 aromatic rings. The molecule has 25 heavy (non-hydrogen) atoms. The topological polar surface area (TPSA) is 83.6 Å². The maximum atomic E-state index is 14.1. The number of halogens is 2. The Morgan fingerprint density at radius 1 is 1.40 bits per heavy atom. The molecule has 0 N–H and O–H groups in total. The van der Waals surface area contributed by atoms with Gasteiger partial charge in [0.1, 0.15) is 5.75 Å². The molecule has 0 fully saturated rings. The van der Waals surface area contributed by atoms with E-state index in [-0.39, 0.29) is 27.7 Å². The number of esters is 1. The number of ether oxygens (including phenoxy) is 2. The van der Waals surface area contributed by atoms with Gasteiger partial charge in [0.2, 0.25) is 0 Å². The van der Waals surface area contributed by atoms with Crippen LogP contribution in [0.2, 0.25) is 5.02 Å². The standard InChI is InChI=1S/C16H12ClFN2O5/c1-8(15(21)23-2)24-10-3-4-12-13(6-10)25-16(22)20(12)14-11(18)5-9(17)7-19-14/h3-8H,1-2H3. The Kier molecular flexibility index (Phi) is 4.45. The Hall–Kier alpha value is -2.87. The third-order valence-electron chi connectivity index (χ3n) is 3.40. The largest absolute Gasteiger partial charge is 0.479 e. The molecular formula is C16H12ClFN2O5. The van der Waals surface area contributed by atoms with Gasteiger partial charge in [-0.15, -0.1) is 0 Å². The van der Waals surface area contributed by atoms with Crippen molar-refractivity contribution in [3.05, 3.63) is 51.9 Å². The van der Waals surface area contributed by atoms with E-state index in [0.29, 0.717) is 0 Å². The minimum Gasteiger partial charge on any atom is -0.479 e. The van der Waals surface area contributed by atoms with E-state index < -0.39 is 23.6 Å². The normalized spacial score (nSPS) is 12.2. The summed E-state index contributed by atoms with van der Waals surface area (Å²) in [6, 6.07) is 5.47. The van der Waals surface area contributed by atoms with Crippen molar-refractivity contribution < 1.29 is 23.1 Å². The average Bonchev–Trinajstić information content (AvgIpc) is 2.89. The second-order valence-electron chi connectivity index (χ2n) is 5.08. The average molecular weight is 367 g/mol. The van der Waals surface area contributed by atoms with Gasteiger partial charge in [0.15, 0.2) is 23.3 Å². The lowest BCUT2D eigenvalue weighted by Gasteiger charge is -2.12. The first kappa shape index (κ1) is 17.0. The number of carbonyl (C=O) groups is 1. The van der Waals surface area contributed by atoms with Crippen LogP contribution in [0.15, 0.2) is 39.7 Å². The summed E-state index contributed by atoms with van der Waals surface area (Å²) >= 11 is 5.68. The fourth-order valence-electron chi connectivity index (χ4n) is 2.26. The summed E-state index contributed by atoms with van der Waals surface area (Å²) in [6.45, 7) is 1.52. The second kappa shape index (κ2) is 6.56. The first-order valence-corrected chi connectivity index (χ1v) is 7.50.